The number of likely N-dealkylation sites (N-methyl/N-ethyl adjacent to an activating group) is 1. The maximum Gasteiger partial charge on any atom is 0.226 e. The van der Waals surface area contributed by atoms with Crippen molar-refractivity contribution >= 4 is 23.4 Å². The van der Waals surface area contributed by atoms with Gasteiger partial charge < -0.3 is 9.80 Å². The maximum absolute atomic E-state index is 12.4. The van der Waals surface area contributed by atoms with Gasteiger partial charge in [-0.1, -0.05) is 6.07 Å². The average Bonchev–Trinajstić information content (AvgIpc) is 3.02. The number of benzene rings is 1. The Kier molecular flexibility index (Phi) is 4.04. The molecule has 1 aliphatic rings. The van der Waals surface area contributed by atoms with Gasteiger partial charge in [-0.25, -0.2) is 4.63 Å². The molecule has 116 valence electrons. The zero-order valence-corrected chi connectivity index (χ0v) is 12.4. The van der Waals surface area contributed by atoms with Gasteiger partial charge in [0.15, 0.2) is 0 Å². The Morgan fingerprint density at radius 3 is 2.82 bits per heavy atom. The number of piperidine rings is 1. The van der Waals surface area contributed by atoms with Gasteiger partial charge >= 0.3 is 0 Å². The Balaban J connectivity index is 1.62. The van der Waals surface area contributed by atoms with Gasteiger partial charge in [-0.05, 0) is 40.9 Å². The fourth-order valence-corrected chi connectivity index (χ4v) is 2.82. The first-order valence-electron chi connectivity index (χ1n) is 7.33. The van der Waals surface area contributed by atoms with Crippen LogP contribution in [0, 0.1) is 0 Å². The zero-order valence-electron chi connectivity index (χ0n) is 12.4. The number of nitrogens with zero attached hydrogens (tertiary/aromatic N) is 4. The summed E-state index contributed by atoms with van der Waals surface area (Å²) in [6.45, 7) is 1.42. The molecule has 0 aliphatic carbocycles. The highest BCUT2D eigenvalue weighted by Crippen LogP contribution is 2.17. The Morgan fingerprint density at radius 1 is 1.36 bits per heavy atom. The van der Waals surface area contributed by atoms with Gasteiger partial charge in [0.25, 0.3) is 0 Å². The van der Waals surface area contributed by atoms with Crippen LogP contribution in [0.3, 0.4) is 0 Å². The third-order valence-corrected chi connectivity index (χ3v) is 4.26. The van der Waals surface area contributed by atoms with Crippen LogP contribution in [0.1, 0.15) is 18.4 Å². The molecule has 2 heterocycles. The lowest BCUT2D eigenvalue weighted by Gasteiger charge is -2.35. The van der Waals surface area contributed by atoms with Gasteiger partial charge in [-0.15, -0.1) is 0 Å². The second-order valence-electron chi connectivity index (χ2n) is 5.64. The van der Waals surface area contributed by atoms with E-state index < -0.39 is 0 Å². The third kappa shape index (κ3) is 2.93. The first-order valence-corrected chi connectivity index (χ1v) is 7.33. The van der Waals surface area contributed by atoms with E-state index in [4.69, 9.17) is 0 Å². The molecule has 1 aromatic carbocycles. The molecule has 0 spiro atoms. The molecule has 1 saturated heterocycles. The molecule has 0 atom stereocenters. The number of carbonyl (C=O) groups is 2. The highest BCUT2D eigenvalue weighted by molar-refractivity contribution is 5.81. The number of amides is 2. The Morgan fingerprint density at radius 2 is 2.09 bits per heavy atom. The van der Waals surface area contributed by atoms with Crippen LogP contribution in [0.2, 0.25) is 0 Å². The number of rotatable bonds is 4. The Bertz CT molecular complexity index is 676. The quantitative estimate of drug-likeness (QED) is 0.782. The molecule has 7 heteroatoms. The van der Waals surface area contributed by atoms with Crippen LogP contribution < -0.4 is 0 Å². The van der Waals surface area contributed by atoms with E-state index in [1.165, 1.54) is 0 Å². The molecule has 1 aliphatic heterocycles. The fraction of sp³-hybridized carbons (Fsp3) is 0.467. The van der Waals surface area contributed by atoms with Crippen LogP contribution in [0.25, 0.3) is 11.0 Å². The van der Waals surface area contributed by atoms with Crippen molar-refractivity contribution < 1.29 is 14.2 Å². The van der Waals surface area contributed by atoms with Crippen molar-refractivity contribution in [1.29, 1.82) is 0 Å². The van der Waals surface area contributed by atoms with Crippen molar-refractivity contribution in [3.05, 3.63) is 23.8 Å². The lowest BCUT2D eigenvalue weighted by atomic mass is 10.0. The summed E-state index contributed by atoms with van der Waals surface area (Å²) >= 11 is 0. The third-order valence-electron chi connectivity index (χ3n) is 4.26. The van der Waals surface area contributed by atoms with E-state index in [2.05, 4.69) is 14.9 Å². The summed E-state index contributed by atoms with van der Waals surface area (Å²) < 4.78 is 4.66. The molecule has 3 rings (SSSR count). The summed E-state index contributed by atoms with van der Waals surface area (Å²) in [6, 6.07) is 5.69. The summed E-state index contributed by atoms with van der Waals surface area (Å²) in [5, 5.41) is 7.54. The number of aromatic nitrogens is 2. The van der Waals surface area contributed by atoms with E-state index >= 15 is 0 Å². The molecule has 22 heavy (non-hydrogen) atoms. The minimum absolute atomic E-state index is 0.0698. The zero-order chi connectivity index (χ0) is 15.5. The lowest BCUT2D eigenvalue weighted by molar-refractivity contribution is -0.132. The normalized spacial score (nSPS) is 16.0. The van der Waals surface area contributed by atoms with E-state index in [-0.39, 0.29) is 11.9 Å². The highest BCUT2D eigenvalue weighted by atomic mass is 16.6. The SMILES string of the molecule is CN(C(=O)Cc1ccc2nonc2c1)C1CCN(C=O)CC1. The molecule has 7 nitrogen and oxygen atoms in total. The van der Waals surface area contributed by atoms with Crippen LogP contribution in [-0.2, 0) is 16.0 Å². The predicted octanol–water partition coefficient (Wildman–Crippen LogP) is 0.844. The number of hydrogen-bond acceptors (Lipinski definition) is 5. The fourth-order valence-electron chi connectivity index (χ4n) is 2.82. The van der Waals surface area contributed by atoms with E-state index in [0.717, 1.165) is 24.8 Å². The molecule has 1 aromatic heterocycles. The van der Waals surface area contributed by atoms with Gasteiger partial charge in [-0.2, -0.15) is 0 Å². The van der Waals surface area contributed by atoms with Crippen LogP contribution >= 0.6 is 0 Å². The van der Waals surface area contributed by atoms with Crippen molar-refractivity contribution in [2.75, 3.05) is 20.1 Å². The molecule has 2 aromatic rings. The van der Waals surface area contributed by atoms with E-state index in [0.29, 0.717) is 30.5 Å². The van der Waals surface area contributed by atoms with Crippen LogP contribution in [0.4, 0.5) is 0 Å². The minimum atomic E-state index is 0.0698. The topological polar surface area (TPSA) is 79.5 Å². The van der Waals surface area contributed by atoms with Crippen molar-refractivity contribution in [3.63, 3.8) is 0 Å². The van der Waals surface area contributed by atoms with Crippen molar-refractivity contribution in [2.45, 2.75) is 25.3 Å². The molecule has 0 N–H and O–H groups in total. The van der Waals surface area contributed by atoms with Gasteiger partial charge in [0, 0.05) is 26.2 Å². The van der Waals surface area contributed by atoms with Crippen LogP contribution in [0.5, 0.6) is 0 Å². The summed E-state index contributed by atoms with van der Waals surface area (Å²) in [5.41, 5.74) is 2.24. The second kappa shape index (κ2) is 6.13. The van der Waals surface area contributed by atoms with Gasteiger partial charge in [0.1, 0.15) is 11.0 Å². The molecule has 0 bridgehead atoms. The largest absolute Gasteiger partial charge is 0.345 e. The smallest absolute Gasteiger partial charge is 0.226 e. The molecular formula is C15H18N4O3. The van der Waals surface area contributed by atoms with Gasteiger partial charge in [0.2, 0.25) is 12.3 Å². The second-order valence-corrected chi connectivity index (χ2v) is 5.64. The van der Waals surface area contributed by atoms with E-state index in [1.807, 2.05) is 19.2 Å². The molecule has 0 unspecified atom stereocenters. The first-order chi connectivity index (χ1) is 10.7. The lowest BCUT2D eigenvalue weighted by Crippen LogP contribution is -2.45. The first kappa shape index (κ1) is 14.5. The summed E-state index contributed by atoms with van der Waals surface area (Å²) in [5.74, 6) is 0.0698. The van der Waals surface area contributed by atoms with Gasteiger partial charge in [-0.3, -0.25) is 9.59 Å². The summed E-state index contributed by atoms with van der Waals surface area (Å²) in [7, 11) is 1.83. The highest BCUT2D eigenvalue weighted by Gasteiger charge is 2.24. The van der Waals surface area contributed by atoms with Crippen LogP contribution in [0.15, 0.2) is 22.8 Å². The van der Waals surface area contributed by atoms with E-state index in [1.54, 1.807) is 15.9 Å². The van der Waals surface area contributed by atoms with Crippen molar-refractivity contribution in [1.82, 2.24) is 20.1 Å². The number of fused-ring (bicyclic) bond motifs is 1. The standard InChI is InChI=1S/C15H18N4O3/c1-18(12-4-6-19(10-20)7-5-12)15(21)9-11-2-3-13-14(8-11)17-22-16-13/h2-3,8,10,12H,4-7,9H2,1H3. The van der Waals surface area contributed by atoms with E-state index in [9.17, 15) is 9.59 Å². The molecule has 2 amide bonds. The summed E-state index contributed by atoms with van der Waals surface area (Å²) in [4.78, 5) is 26.7. The predicted molar refractivity (Wildman–Crippen MR) is 78.9 cm³/mol. The number of likely N-dealkylation sites (tertiary alicyclic amines) is 1. The summed E-state index contributed by atoms with van der Waals surface area (Å²) in [6.07, 6.45) is 2.85. The Labute approximate surface area is 127 Å². The average molecular weight is 302 g/mol. The number of hydrogen-bond donors (Lipinski definition) is 0. The monoisotopic (exact) mass is 302 g/mol. The maximum atomic E-state index is 12.4. The van der Waals surface area contributed by atoms with Crippen molar-refractivity contribution in [2.24, 2.45) is 0 Å². The van der Waals surface area contributed by atoms with Gasteiger partial charge in [0.05, 0.1) is 6.42 Å². The molecule has 0 saturated carbocycles. The molecule has 0 radical (unpaired) electrons. The molecule has 1 fully saturated rings. The number of carbonyl (C=O) groups excluding carboxylic acids is 2. The Hall–Kier alpha value is -2.44. The van der Waals surface area contributed by atoms with Crippen LogP contribution in [-0.4, -0.2) is 58.6 Å². The minimum Gasteiger partial charge on any atom is -0.345 e. The van der Waals surface area contributed by atoms with Crippen molar-refractivity contribution in [3.8, 4) is 0 Å². The molecular weight excluding hydrogens is 284 g/mol.